The molecule has 436 valence electrons. The van der Waals surface area contributed by atoms with Crippen molar-refractivity contribution in [3.8, 4) is 0 Å². The molecule has 0 aromatic carbocycles. The molecule has 0 aliphatic carbocycles. The Balaban J connectivity index is 4.44. The zero-order valence-corrected chi connectivity index (χ0v) is 49.9. The van der Waals surface area contributed by atoms with Gasteiger partial charge in [0, 0.05) is 19.3 Å². The highest BCUT2D eigenvalue weighted by Gasteiger charge is 2.19. The summed E-state index contributed by atoms with van der Waals surface area (Å²) in [5, 5.41) is 0. The lowest BCUT2D eigenvalue weighted by Gasteiger charge is -2.18. The van der Waals surface area contributed by atoms with Crippen LogP contribution < -0.4 is 0 Å². The van der Waals surface area contributed by atoms with Crippen LogP contribution in [0.15, 0.2) is 134 Å². The first kappa shape index (κ1) is 72.5. The van der Waals surface area contributed by atoms with Crippen molar-refractivity contribution in [3.63, 3.8) is 0 Å². The molecule has 0 aliphatic heterocycles. The maximum atomic E-state index is 12.9. The zero-order valence-electron chi connectivity index (χ0n) is 49.9. The van der Waals surface area contributed by atoms with Gasteiger partial charge < -0.3 is 14.2 Å². The maximum Gasteiger partial charge on any atom is 0.306 e. The fourth-order valence-corrected chi connectivity index (χ4v) is 8.47. The van der Waals surface area contributed by atoms with Crippen LogP contribution in [0.5, 0.6) is 0 Å². The van der Waals surface area contributed by atoms with Crippen LogP contribution in [0.3, 0.4) is 0 Å². The van der Waals surface area contributed by atoms with Gasteiger partial charge in [-0.05, 0) is 116 Å². The molecule has 0 heterocycles. The number of ether oxygens (including phenoxy) is 3. The normalized spacial score (nSPS) is 13.0. The number of allylic oxidation sites excluding steroid dienone is 22. The second kappa shape index (κ2) is 64.1. The molecule has 0 bridgehead atoms. The molecule has 0 rings (SSSR count). The van der Waals surface area contributed by atoms with Crippen LogP contribution in [0.1, 0.15) is 278 Å². The van der Waals surface area contributed by atoms with Gasteiger partial charge >= 0.3 is 17.9 Å². The molecule has 6 heteroatoms. The van der Waals surface area contributed by atoms with Gasteiger partial charge in [-0.2, -0.15) is 0 Å². The largest absolute Gasteiger partial charge is 0.462 e. The third-order valence-electron chi connectivity index (χ3n) is 13.2. The number of hydrogen-bond acceptors (Lipinski definition) is 6. The predicted octanol–water partition coefficient (Wildman–Crippen LogP) is 21.8. The van der Waals surface area contributed by atoms with Crippen LogP contribution in [-0.4, -0.2) is 37.2 Å². The van der Waals surface area contributed by atoms with Crippen molar-refractivity contribution in [1.29, 1.82) is 0 Å². The molecule has 0 aromatic rings. The highest BCUT2D eigenvalue weighted by molar-refractivity contribution is 5.71. The van der Waals surface area contributed by atoms with E-state index in [2.05, 4.69) is 154 Å². The van der Waals surface area contributed by atoms with Crippen molar-refractivity contribution in [2.24, 2.45) is 0 Å². The highest BCUT2D eigenvalue weighted by Crippen LogP contribution is 2.16. The summed E-state index contributed by atoms with van der Waals surface area (Å²) in [5.74, 6) is -0.976. The van der Waals surface area contributed by atoms with E-state index >= 15 is 0 Å². The Kier molecular flexibility index (Phi) is 60.4. The minimum Gasteiger partial charge on any atom is -0.462 e. The molecule has 0 aliphatic rings. The van der Waals surface area contributed by atoms with Crippen LogP contribution in [0, 0.1) is 0 Å². The third-order valence-corrected chi connectivity index (χ3v) is 13.2. The first-order valence-electron chi connectivity index (χ1n) is 31.7. The van der Waals surface area contributed by atoms with Crippen molar-refractivity contribution >= 4 is 17.9 Å². The Morgan fingerprint density at radius 3 is 0.818 bits per heavy atom. The summed E-state index contributed by atoms with van der Waals surface area (Å²) in [6.07, 6.45) is 90.3. The van der Waals surface area contributed by atoms with Crippen LogP contribution in [0.2, 0.25) is 0 Å². The molecule has 0 spiro atoms. The second-order valence-electron chi connectivity index (χ2n) is 20.6. The predicted molar refractivity (Wildman–Crippen MR) is 334 cm³/mol. The highest BCUT2D eigenvalue weighted by atomic mass is 16.6. The summed E-state index contributed by atoms with van der Waals surface area (Å²) < 4.78 is 16.8. The van der Waals surface area contributed by atoms with Crippen molar-refractivity contribution in [2.45, 2.75) is 284 Å². The molecule has 0 amide bonds. The van der Waals surface area contributed by atoms with Crippen LogP contribution >= 0.6 is 0 Å². The van der Waals surface area contributed by atoms with E-state index < -0.39 is 6.10 Å². The van der Waals surface area contributed by atoms with Gasteiger partial charge in [0.2, 0.25) is 0 Å². The number of carbonyl (C=O) groups is 3. The Bertz CT molecular complexity index is 1650. The summed E-state index contributed by atoms with van der Waals surface area (Å²) in [6.45, 7) is 6.36. The minimum atomic E-state index is -0.812. The Morgan fingerprint density at radius 2 is 0.506 bits per heavy atom. The quantitative estimate of drug-likeness (QED) is 0.0261. The first-order chi connectivity index (χ1) is 38.0. The monoisotopic (exact) mass is 1060 g/mol. The average Bonchev–Trinajstić information content (AvgIpc) is 3.43. The molecule has 6 nitrogen and oxygen atoms in total. The molecule has 0 saturated carbocycles. The van der Waals surface area contributed by atoms with Crippen molar-refractivity contribution in [3.05, 3.63) is 134 Å². The number of esters is 3. The first-order valence-corrected chi connectivity index (χ1v) is 31.7. The van der Waals surface area contributed by atoms with Gasteiger partial charge in [-0.25, -0.2) is 0 Å². The fourth-order valence-electron chi connectivity index (χ4n) is 8.47. The van der Waals surface area contributed by atoms with Crippen LogP contribution in [0.4, 0.5) is 0 Å². The molecule has 0 N–H and O–H groups in total. The standard InChI is InChI=1S/C71H116O6/c1-4-7-10-13-16-19-22-25-27-29-31-32-33-34-35-36-37-38-40-41-43-46-49-52-55-58-61-64-70(73)76-67-68(66-75-69(72)63-60-57-54-51-48-45-24-21-18-15-12-9-6-3)77-71(74)65-62-59-56-53-50-47-44-42-39-30-28-26-23-20-17-14-11-8-5-2/h7,9-10,12,16,18-19,21,25,27,31-32,34-35,37-38,41,43,45,48-49,52,68H,4-6,8,11,13-15,17,20,22-24,26,28-30,33,36,39-40,42,44,46-47,50-51,53-67H2,1-3H3/b10-7-,12-9-,19-16-,21-18-,27-25-,32-31-,35-34-,38-37-,43-41-,48-45-,52-49-. The van der Waals surface area contributed by atoms with E-state index in [9.17, 15) is 14.4 Å². The minimum absolute atomic E-state index is 0.109. The lowest BCUT2D eigenvalue weighted by molar-refractivity contribution is -0.167. The van der Waals surface area contributed by atoms with Gasteiger partial charge in [-0.15, -0.1) is 0 Å². The van der Waals surface area contributed by atoms with E-state index in [-0.39, 0.29) is 31.1 Å². The fraction of sp³-hybridized carbons (Fsp3) is 0.648. The Hall–Kier alpha value is -4.45. The molecular formula is C71H116O6. The second-order valence-corrected chi connectivity index (χ2v) is 20.6. The van der Waals surface area contributed by atoms with Gasteiger partial charge in [-0.1, -0.05) is 276 Å². The van der Waals surface area contributed by atoms with Gasteiger partial charge in [0.15, 0.2) is 6.10 Å². The molecule has 77 heavy (non-hydrogen) atoms. The summed E-state index contributed by atoms with van der Waals surface area (Å²) in [5.41, 5.74) is 0. The van der Waals surface area contributed by atoms with E-state index in [1.807, 2.05) is 0 Å². The maximum absolute atomic E-state index is 12.9. The number of carbonyl (C=O) groups excluding carboxylic acids is 3. The Morgan fingerprint density at radius 1 is 0.273 bits per heavy atom. The molecule has 1 atom stereocenters. The van der Waals surface area contributed by atoms with Crippen molar-refractivity contribution < 1.29 is 28.6 Å². The lowest BCUT2D eigenvalue weighted by Crippen LogP contribution is -2.30. The van der Waals surface area contributed by atoms with Gasteiger partial charge in [0.25, 0.3) is 0 Å². The summed E-state index contributed by atoms with van der Waals surface area (Å²) in [4.78, 5) is 38.3. The van der Waals surface area contributed by atoms with E-state index in [0.29, 0.717) is 25.7 Å². The van der Waals surface area contributed by atoms with E-state index in [1.165, 1.54) is 103 Å². The van der Waals surface area contributed by atoms with E-state index in [4.69, 9.17) is 14.2 Å². The van der Waals surface area contributed by atoms with Crippen LogP contribution in [0.25, 0.3) is 0 Å². The summed E-state index contributed by atoms with van der Waals surface area (Å²) in [6, 6.07) is 0. The van der Waals surface area contributed by atoms with E-state index in [0.717, 1.165) is 128 Å². The SMILES string of the molecule is CC/C=C\C/C=C\C/C=C\C/C=C\C/C=C\C/C=C\C/C=C\C/C=C\CCCCC(=O)OCC(COC(=O)CCCCC/C=C\C/C=C\C/C=C\CC)OC(=O)CCCCCCCCCCCCCCCCCCCCC. The topological polar surface area (TPSA) is 78.9 Å². The average molecular weight is 1070 g/mol. The molecule has 1 unspecified atom stereocenters. The smallest absolute Gasteiger partial charge is 0.306 e. The van der Waals surface area contributed by atoms with Gasteiger partial charge in [0.1, 0.15) is 13.2 Å². The number of rotatable bonds is 56. The summed E-state index contributed by atoms with van der Waals surface area (Å²) >= 11 is 0. The molecular weight excluding hydrogens is 949 g/mol. The molecule has 0 fully saturated rings. The van der Waals surface area contributed by atoms with Gasteiger partial charge in [0.05, 0.1) is 0 Å². The molecule has 0 saturated heterocycles. The van der Waals surface area contributed by atoms with Gasteiger partial charge in [-0.3, -0.25) is 14.4 Å². The Labute approximate surface area is 475 Å². The van der Waals surface area contributed by atoms with Crippen molar-refractivity contribution in [1.82, 2.24) is 0 Å². The van der Waals surface area contributed by atoms with Crippen LogP contribution in [-0.2, 0) is 28.6 Å². The number of unbranched alkanes of at least 4 members (excludes halogenated alkanes) is 23. The van der Waals surface area contributed by atoms with Crippen molar-refractivity contribution in [2.75, 3.05) is 13.2 Å². The molecule has 0 radical (unpaired) electrons. The van der Waals surface area contributed by atoms with E-state index in [1.54, 1.807) is 0 Å². The third kappa shape index (κ3) is 62.3. The molecule has 0 aromatic heterocycles. The lowest BCUT2D eigenvalue weighted by atomic mass is 10.0. The summed E-state index contributed by atoms with van der Waals surface area (Å²) in [7, 11) is 0. The number of hydrogen-bond donors (Lipinski definition) is 0. The zero-order chi connectivity index (χ0) is 55.7.